The predicted octanol–water partition coefficient (Wildman–Crippen LogP) is 1.25. The summed E-state index contributed by atoms with van der Waals surface area (Å²) in [5.41, 5.74) is 5.42. The van der Waals surface area contributed by atoms with Crippen LogP contribution in [0.2, 0.25) is 0 Å². The van der Waals surface area contributed by atoms with Gasteiger partial charge in [0.05, 0.1) is 12.4 Å². The van der Waals surface area contributed by atoms with Crippen LogP contribution in [0.4, 0.5) is 5.82 Å². The summed E-state index contributed by atoms with van der Waals surface area (Å²) in [7, 11) is 0. The van der Waals surface area contributed by atoms with Gasteiger partial charge >= 0.3 is 0 Å². The predicted molar refractivity (Wildman–Crippen MR) is 81.0 cm³/mol. The van der Waals surface area contributed by atoms with Crippen molar-refractivity contribution in [3.8, 4) is 0 Å². The molecule has 0 radical (unpaired) electrons. The average Bonchev–Trinajstić information content (AvgIpc) is 3.16. The van der Waals surface area contributed by atoms with Crippen LogP contribution in [-0.4, -0.2) is 46.5 Å². The second-order valence-electron chi connectivity index (χ2n) is 6.12. The van der Waals surface area contributed by atoms with Crippen LogP contribution in [0.5, 0.6) is 0 Å². The van der Waals surface area contributed by atoms with Crippen LogP contribution in [0.1, 0.15) is 42.6 Å². The third-order valence-corrected chi connectivity index (χ3v) is 4.62. The van der Waals surface area contributed by atoms with Crippen molar-refractivity contribution in [3.63, 3.8) is 0 Å². The molecule has 1 aromatic heterocycles. The number of rotatable bonds is 5. The number of amides is 1. The van der Waals surface area contributed by atoms with Gasteiger partial charge in [0, 0.05) is 19.1 Å². The number of nitrogens with one attached hydrogen (secondary N) is 1. The zero-order chi connectivity index (χ0) is 14.7. The van der Waals surface area contributed by atoms with Crippen LogP contribution in [0.3, 0.4) is 0 Å². The van der Waals surface area contributed by atoms with E-state index in [4.69, 9.17) is 5.73 Å². The Morgan fingerprint density at radius 3 is 2.90 bits per heavy atom. The molecule has 3 rings (SSSR count). The molecule has 6 heteroatoms. The highest BCUT2D eigenvalue weighted by Gasteiger charge is 2.29. The highest BCUT2D eigenvalue weighted by Crippen LogP contribution is 2.28. The molecule has 21 heavy (non-hydrogen) atoms. The number of carbonyl (C=O) groups excluding carboxylic acids is 1. The highest BCUT2D eigenvalue weighted by molar-refractivity contribution is 5.90. The number of nitrogens with two attached hydrogens (primary N) is 1. The Morgan fingerprint density at radius 2 is 2.14 bits per heavy atom. The Labute approximate surface area is 125 Å². The molecule has 3 N–H and O–H groups in total. The average molecular weight is 289 g/mol. The summed E-state index contributed by atoms with van der Waals surface area (Å²) in [4.78, 5) is 21.9. The second-order valence-corrected chi connectivity index (χ2v) is 6.12. The minimum absolute atomic E-state index is 0.207. The largest absolute Gasteiger partial charge is 0.368 e. The summed E-state index contributed by atoms with van der Waals surface area (Å²) in [6, 6.07) is 0.813. The first-order valence-corrected chi connectivity index (χ1v) is 7.82. The van der Waals surface area contributed by atoms with Gasteiger partial charge in [-0.25, -0.2) is 4.98 Å². The Kier molecular flexibility index (Phi) is 4.34. The maximum Gasteiger partial charge on any atom is 0.268 e. The zero-order valence-electron chi connectivity index (χ0n) is 12.3. The summed E-state index contributed by atoms with van der Waals surface area (Å²) in [5, 5.41) is 3.28. The molecule has 114 valence electrons. The van der Waals surface area contributed by atoms with Crippen molar-refractivity contribution in [3.05, 3.63) is 18.1 Å². The third-order valence-electron chi connectivity index (χ3n) is 4.62. The number of aromatic nitrogens is 2. The molecule has 1 aliphatic carbocycles. The van der Waals surface area contributed by atoms with E-state index in [-0.39, 0.29) is 5.69 Å². The standard InChI is InChI=1S/C15H23N5O/c16-15(21)13-8-17-9-14(19-13)18-7-11-5-6-20(10-11)12-3-1-2-4-12/h8-9,11-12H,1-7,10H2,(H2,16,21)(H,18,19)/t11-/m1/s1. The number of likely N-dealkylation sites (tertiary alicyclic amines) is 1. The van der Waals surface area contributed by atoms with Crippen LogP contribution in [0, 0.1) is 5.92 Å². The minimum Gasteiger partial charge on any atom is -0.368 e. The molecule has 6 nitrogen and oxygen atoms in total. The molecule has 2 aliphatic rings. The van der Waals surface area contributed by atoms with Crippen molar-refractivity contribution in [1.29, 1.82) is 0 Å². The van der Waals surface area contributed by atoms with Crippen molar-refractivity contribution >= 4 is 11.7 Å². The Hall–Kier alpha value is -1.69. The number of nitrogens with zero attached hydrogens (tertiary/aromatic N) is 3. The summed E-state index contributed by atoms with van der Waals surface area (Å²) < 4.78 is 0. The van der Waals surface area contributed by atoms with Crippen LogP contribution in [0.15, 0.2) is 12.4 Å². The third kappa shape index (κ3) is 3.50. The second kappa shape index (κ2) is 6.39. The van der Waals surface area contributed by atoms with Crippen molar-refractivity contribution in [2.75, 3.05) is 25.0 Å². The fraction of sp³-hybridized carbons (Fsp3) is 0.667. The van der Waals surface area contributed by atoms with E-state index in [0.29, 0.717) is 11.7 Å². The number of anilines is 1. The van der Waals surface area contributed by atoms with Gasteiger partial charge in [-0.1, -0.05) is 12.8 Å². The first kappa shape index (κ1) is 14.3. The van der Waals surface area contributed by atoms with Crippen molar-refractivity contribution < 1.29 is 4.79 Å². The van der Waals surface area contributed by atoms with Crippen LogP contribution in [0.25, 0.3) is 0 Å². The lowest BCUT2D eigenvalue weighted by Crippen LogP contribution is -2.31. The van der Waals surface area contributed by atoms with Gasteiger partial charge in [-0.15, -0.1) is 0 Å². The van der Waals surface area contributed by atoms with Gasteiger partial charge in [0.2, 0.25) is 0 Å². The lowest BCUT2D eigenvalue weighted by atomic mass is 10.1. The first-order chi connectivity index (χ1) is 10.2. The van der Waals surface area contributed by atoms with Gasteiger partial charge in [0.15, 0.2) is 0 Å². The van der Waals surface area contributed by atoms with Crippen LogP contribution < -0.4 is 11.1 Å². The topological polar surface area (TPSA) is 84.1 Å². The van der Waals surface area contributed by atoms with E-state index in [2.05, 4.69) is 20.2 Å². The van der Waals surface area contributed by atoms with Gasteiger partial charge < -0.3 is 16.0 Å². The maximum absolute atomic E-state index is 11.1. The Bertz CT molecular complexity index is 501. The maximum atomic E-state index is 11.1. The molecule has 1 atom stereocenters. The normalized spacial score (nSPS) is 23.5. The van der Waals surface area contributed by atoms with E-state index in [1.807, 2.05) is 0 Å². The van der Waals surface area contributed by atoms with E-state index >= 15 is 0 Å². The minimum atomic E-state index is -0.542. The molecule has 1 saturated carbocycles. The SMILES string of the molecule is NC(=O)c1cncc(NC[C@H]2CCN(C3CCCC3)C2)n1. The fourth-order valence-electron chi connectivity index (χ4n) is 3.45. The molecule has 2 fully saturated rings. The number of hydrogen-bond acceptors (Lipinski definition) is 5. The van der Waals surface area contributed by atoms with E-state index in [1.165, 1.54) is 51.4 Å². The van der Waals surface area contributed by atoms with Gasteiger partial charge in [0.1, 0.15) is 11.5 Å². The molecular formula is C15H23N5O. The summed E-state index contributed by atoms with van der Waals surface area (Å²) >= 11 is 0. The lowest BCUT2D eigenvalue weighted by Gasteiger charge is -2.23. The van der Waals surface area contributed by atoms with E-state index in [9.17, 15) is 4.79 Å². The van der Waals surface area contributed by atoms with Crippen molar-refractivity contribution in [2.24, 2.45) is 11.7 Å². The summed E-state index contributed by atoms with van der Waals surface area (Å²) in [5.74, 6) is 0.731. The molecule has 0 spiro atoms. The highest BCUT2D eigenvalue weighted by atomic mass is 16.1. The van der Waals surface area contributed by atoms with Gasteiger partial charge in [0.25, 0.3) is 5.91 Å². The van der Waals surface area contributed by atoms with Gasteiger partial charge in [-0.2, -0.15) is 0 Å². The van der Waals surface area contributed by atoms with Crippen LogP contribution in [-0.2, 0) is 0 Å². The van der Waals surface area contributed by atoms with E-state index in [0.717, 1.165) is 12.6 Å². The van der Waals surface area contributed by atoms with Gasteiger partial charge in [-0.05, 0) is 31.7 Å². The molecule has 1 aliphatic heterocycles. The molecule has 0 unspecified atom stereocenters. The monoisotopic (exact) mass is 289 g/mol. The van der Waals surface area contributed by atoms with Crippen LogP contribution >= 0.6 is 0 Å². The molecular weight excluding hydrogens is 266 g/mol. The number of hydrogen-bond donors (Lipinski definition) is 2. The fourth-order valence-corrected chi connectivity index (χ4v) is 3.45. The Balaban J connectivity index is 1.49. The van der Waals surface area contributed by atoms with Crippen molar-refractivity contribution in [2.45, 2.75) is 38.1 Å². The molecule has 1 amide bonds. The quantitative estimate of drug-likeness (QED) is 0.852. The summed E-state index contributed by atoms with van der Waals surface area (Å²) in [6.07, 6.45) is 9.77. The smallest absolute Gasteiger partial charge is 0.268 e. The lowest BCUT2D eigenvalue weighted by molar-refractivity contribution is 0.0995. The molecule has 2 heterocycles. The zero-order valence-corrected chi connectivity index (χ0v) is 12.3. The Morgan fingerprint density at radius 1 is 1.33 bits per heavy atom. The molecule has 1 saturated heterocycles. The van der Waals surface area contributed by atoms with Gasteiger partial charge in [-0.3, -0.25) is 9.78 Å². The molecule has 1 aromatic rings. The number of primary amides is 1. The summed E-state index contributed by atoms with van der Waals surface area (Å²) in [6.45, 7) is 3.25. The number of carbonyl (C=O) groups is 1. The van der Waals surface area contributed by atoms with Crippen molar-refractivity contribution in [1.82, 2.24) is 14.9 Å². The molecule has 0 bridgehead atoms. The van der Waals surface area contributed by atoms with E-state index in [1.54, 1.807) is 6.20 Å². The first-order valence-electron chi connectivity index (χ1n) is 7.82. The molecule has 0 aromatic carbocycles. The van der Waals surface area contributed by atoms with E-state index < -0.39 is 5.91 Å².